The lowest BCUT2D eigenvalue weighted by Crippen LogP contribution is -2.48. The van der Waals surface area contributed by atoms with E-state index in [1.54, 1.807) is 10.7 Å². The van der Waals surface area contributed by atoms with Crippen LogP contribution in [0.15, 0.2) is 42.7 Å². The number of carboxylic acid groups (broad SMARTS) is 1. The number of carbonyl (C=O) groups excluding carboxylic acids is 1. The molecule has 2 atom stereocenters. The number of fused-ring (bicyclic) bond motifs is 1. The van der Waals surface area contributed by atoms with Gasteiger partial charge in [0.25, 0.3) is 0 Å². The lowest BCUT2D eigenvalue weighted by molar-refractivity contribution is -0.119. The van der Waals surface area contributed by atoms with Gasteiger partial charge in [0, 0.05) is 56.3 Å². The number of hydrogen-bond donors (Lipinski definition) is 2. The Kier molecular flexibility index (Phi) is 5.49. The Bertz CT molecular complexity index is 1170. The Hall–Kier alpha value is -3.82. The second kappa shape index (κ2) is 8.61. The van der Waals surface area contributed by atoms with Crippen LogP contribution in [0, 0.1) is 5.92 Å². The molecule has 2 amide bonds. The van der Waals surface area contributed by atoms with Gasteiger partial charge in [0.05, 0.1) is 18.1 Å². The molecule has 172 valence electrons. The minimum atomic E-state index is -0.867. The molecule has 2 saturated heterocycles. The number of benzene rings is 1. The first-order valence-electron chi connectivity index (χ1n) is 11.1. The Balaban J connectivity index is 1.35. The molecule has 1 aromatic carbocycles. The highest BCUT2D eigenvalue weighted by molar-refractivity contribution is 5.78. The van der Waals surface area contributed by atoms with Crippen molar-refractivity contribution >= 4 is 23.2 Å². The lowest BCUT2D eigenvalue weighted by Gasteiger charge is -2.34. The van der Waals surface area contributed by atoms with Crippen molar-refractivity contribution in [2.45, 2.75) is 19.4 Å². The summed E-state index contributed by atoms with van der Waals surface area (Å²) in [7, 11) is 0. The van der Waals surface area contributed by atoms with Crippen molar-refractivity contribution in [1.82, 2.24) is 24.8 Å². The van der Waals surface area contributed by atoms with E-state index in [1.807, 2.05) is 43.5 Å². The van der Waals surface area contributed by atoms with Crippen LogP contribution in [0.2, 0.25) is 0 Å². The minimum absolute atomic E-state index is 0.0520. The third-order valence-corrected chi connectivity index (χ3v) is 6.40. The number of piperazine rings is 1. The summed E-state index contributed by atoms with van der Waals surface area (Å²) in [5.41, 5.74) is 3.48. The molecule has 4 heterocycles. The maximum atomic E-state index is 11.6. The average Bonchev–Trinajstić information content (AvgIpc) is 3.48. The second-order valence-electron chi connectivity index (χ2n) is 8.49. The number of aromatic nitrogens is 3. The van der Waals surface area contributed by atoms with Crippen LogP contribution in [0.5, 0.6) is 5.88 Å². The molecule has 10 nitrogen and oxygen atoms in total. The molecule has 0 spiro atoms. The van der Waals surface area contributed by atoms with Crippen molar-refractivity contribution in [3.05, 3.63) is 42.7 Å². The van der Waals surface area contributed by atoms with Crippen molar-refractivity contribution in [1.29, 1.82) is 0 Å². The van der Waals surface area contributed by atoms with Crippen LogP contribution in [0.4, 0.5) is 10.5 Å². The zero-order valence-electron chi connectivity index (χ0n) is 18.3. The fraction of sp³-hybridized carbons (Fsp3) is 0.391. The molecule has 33 heavy (non-hydrogen) atoms. The van der Waals surface area contributed by atoms with Crippen molar-refractivity contribution in [3.63, 3.8) is 0 Å². The van der Waals surface area contributed by atoms with Crippen LogP contribution in [0.25, 0.3) is 16.8 Å². The van der Waals surface area contributed by atoms with Crippen LogP contribution in [-0.4, -0.2) is 75.4 Å². The number of hydrogen-bond acceptors (Lipinski definition) is 6. The summed E-state index contributed by atoms with van der Waals surface area (Å²) in [4.78, 5) is 31.1. The molecular weight excluding hydrogens is 424 g/mol. The van der Waals surface area contributed by atoms with Gasteiger partial charge in [0.1, 0.15) is 11.6 Å². The third-order valence-electron chi connectivity index (χ3n) is 6.40. The fourth-order valence-electron chi connectivity index (χ4n) is 4.35. The van der Waals surface area contributed by atoms with Crippen LogP contribution in [0.1, 0.15) is 13.3 Å². The van der Waals surface area contributed by atoms with E-state index in [4.69, 9.17) is 14.8 Å². The molecule has 5 rings (SSSR count). The number of nitrogens with zero attached hydrogens (tertiary/aromatic N) is 5. The summed E-state index contributed by atoms with van der Waals surface area (Å²) in [6.45, 7) is 4.89. The summed E-state index contributed by atoms with van der Waals surface area (Å²) in [5.74, 6) is 0.647. The van der Waals surface area contributed by atoms with Gasteiger partial charge < -0.3 is 25.0 Å². The van der Waals surface area contributed by atoms with Gasteiger partial charge in [0.15, 0.2) is 0 Å². The standard InChI is InChI=1S/C23H26N6O4/c1-15(17-12-21(30)24-13-17)33-22-20-6-7-25-29(20)14-19(26-22)16-2-4-18(5-3-16)27-8-10-28(11-9-27)23(31)32/h2-7,14-15,17H,8-13H2,1H3,(H,24,30)(H,31,32)/t15-,17-/m1/s1. The normalized spacial score (nSPS) is 19.5. The van der Waals surface area contributed by atoms with E-state index >= 15 is 0 Å². The van der Waals surface area contributed by atoms with Gasteiger partial charge in [-0.15, -0.1) is 0 Å². The molecule has 0 saturated carbocycles. The predicted octanol–water partition coefficient (Wildman–Crippen LogP) is 2.10. The molecule has 0 unspecified atom stereocenters. The smallest absolute Gasteiger partial charge is 0.407 e. The Morgan fingerprint density at radius 2 is 1.94 bits per heavy atom. The van der Waals surface area contributed by atoms with E-state index in [-0.39, 0.29) is 17.9 Å². The van der Waals surface area contributed by atoms with Gasteiger partial charge >= 0.3 is 6.09 Å². The van der Waals surface area contributed by atoms with Gasteiger partial charge in [-0.2, -0.15) is 5.10 Å². The zero-order valence-corrected chi connectivity index (χ0v) is 18.3. The van der Waals surface area contributed by atoms with E-state index in [9.17, 15) is 9.59 Å². The highest BCUT2D eigenvalue weighted by atomic mass is 16.5. The van der Waals surface area contributed by atoms with Crippen LogP contribution < -0.4 is 15.0 Å². The van der Waals surface area contributed by atoms with E-state index in [0.29, 0.717) is 45.0 Å². The van der Waals surface area contributed by atoms with E-state index in [1.165, 1.54) is 4.90 Å². The molecule has 2 aromatic heterocycles. The van der Waals surface area contributed by atoms with Gasteiger partial charge in [-0.3, -0.25) is 4.79 Å². The van der Waals surface area contributed by atoms with Crippen molar-refractivity contribution in [2.75, 3.05) is 37.6 Å². The van der Waals surface area contributed by atoms with Gasteiger partial charge in [-0.1, -0.05) is 12.1 Å². The average molecular weight is 450 g/mol. The fourth-order valence-corrected chi connectivity index (χ4v) is 4.35. The maximum absolute atomic E-state index is 11.6. The number of anilines is 1. The number of nitrogens with one attached hydrogen (secondary N) is 1. The molecule has 0 aliphatic carbocycles. The number of ether oxygens (including phenoxy) is 1. The summed E-state index contributed by atoms with van der Waals surface area (Å²) < 4.78 is 7.96. The van der Waals surface area contributed by atoms with Crippen LogP contribution >= 0.6 is 0 Å². The molecule has 3 aromatic rings. The molecule has 0 radical (unpaired) electrons. The summed E-state index contributed by atoms with van der Waals surface area (Å²) in [6, 6.07) is 9.92. The molecule has 2 N–H and O–H groups in total. The first-order valence-corrected chi connectivity index (χ1v) is 11.1. The summed E-state index contributed by atoms with van der Waals surface area (Å²) in [6.07, 6.45) is 3.00. The number of rotatable bonds is 5. The molecular formula is C23H26N6O4. The van der Waals surface area contributed by atoms with Gasteiger partial charge in [-0.25, -0.2) is 14.3 Å². The van der Waals surface area contributed by atoms with Crippen molar-refractivity contribution in [2.24, 2.45) is 5.92 Å². The maximum Gasteiger partial charge on any atom is 0.407 e. The number of amides is 2. The summed E-state index contributed by atoms with van der Waals surface area (Å²) in [5, 5.41) is 16.3. The third kappa shape index (κ3) is 4.28. The Morgan fingerprint density at radius 3 is 2.61 bits per heavy atom. The zero-order chi connectivity index (χ0) is 22.9. The van der Waals surface area contributed by atoms with Crippen LogP contribution in [0.3, 0.4) is 0 Å². The Morgan fingerprint density at radius 1 is 1.18 bits per heavy atom. The highest BCUT2D eigenvalue weighted by Gasteiger charge is 2.29. The second-order valence-corrected chi connectivity index (χ2v) is 8.49. The van der Waals surface area contributed by atoms with Gasteiger partial charge in [-0.05, 0) is 25.1 Å². The molecule has 2 fully saturated rings. The first kappa shape index (κ1) is 21.0. The molecule has 2 aliphatic heterocycles. The van der Waals surface area contributed by atoms with Gasteiger partial charge in [0.2, 0.25) is 11.8 Å². The number of carbonyl (C=O) groups is 2. The largest absolute Gasteiger partial charge is 0.473 e. The Labute approximate surface area is 190 Å². The van der Waals surface area contributed by atoms with E-state index in [0.717, 1.165) is 22.5 Å². The molecule has 10 heteroatoms. The van der Waals surface area contributed by atoms with Crippen LogP contribution in [-0.2, 0) is 4.79 Å². The molecule has 0 bridgehead atoms. The predicted molar refractivity (Wildman–Crippen MR) is 121 cm³/mol. The quantitative estimate of drug-likeness (QED) is 0.612. The van der Waals surface area contributed by atoms with E-state index in [2.05, 4.69) is 15.3 Å². The molecule has 2 aliphatic rings. The SMILES string of the molecule is C[C@@H](Oc1nc(-c2ccc(N3CCN(C(=O)O)CC3)cc2)cn2nccc12)[C@H]1CNC(=O)C1. The summed E-state index contributed by atoms with van der Waals surface area (Å²) >= 11 is 0. The minimum Gasteiger partial charge on any atom is -0.473 e. The topological polar surface area (TPSA) is 112 Å². The van der Waals surface area contributed by atoms with Crippen molar-refractivity contribution in [3.8, 4) is 17.1 Å². The lowest BCUT2D eigenvalue weighted by atomic mass is 10.0. The van der Waals surface area contributed by atoms with E-state index < -0.39 is 6.09 Å². The highest BCUT2D eigenvalue weighted by Crippen LogP contribution is 2.28. The monoisotopic (exact) mass is 450 g/mol. The van der Waals surface area contributed by atoms with Crippen molar-refractivity contribution < 1.29 is 19.4 Å². The first-order chi connectivity index (χ1) is 16.0.